The van der Waals surface area contributed by atoms with E-state index in [4.69, 9.17) is 16.1 Å². The van der Waals surface area contributed by atoms with E-state index in [1.54, 1.807) is 0 Å². The molecule has 6 nitrogen and oxygen atoms in total. The van der Waals surface area contributed by atoms with E-state index < -0.39 is 0 Å². The molecule has 4 rings (SSSR count). The smallest absolute Gasteiger partial charge is 0.223 e. The second-order valence-electron chi connectivity index (χ2n) is 6.46. The summed E-state index contributed by atoms with van der Waals surface area (Å²) in [5, 5.41) is 5.75. The van der Waals surface area contributed by atoms with Crippen LogP contribution in [0.3, 0.4) is 0 Å². The lowest BCUT2D eigenvalue weighted by Gasteiger charge is -2.24. The Morgan fingerprint density at radius 2 is 2.12 bits per heavy atom. The third-order valence-corrected chi connectivity index (χ3v) is 5.35. The summed E-state index contributed by atoms with van der Waals surface area (Å²) in [6, 6.07) is 6.05. The third-order valence-electron chi connectivity index (χ3n) is 4.60. The predicted octanol–water partition coefficient (Wildman–Crippen LogP) is 4.05. The van der Waals surface area contributed by atoms with Crippen LogP contribution in [0.25, 0.3) is 10.9 Å². The molecule has 3 aromatic rings. The standard InChI is InChI=1S/C18H19BrClN5O/c1-12-22-17(23-26-12)11-24-5-2-6-25(8-7-24)16-3-4-21-18-14(16)9-13(19)10-15(18)20/h3-4,9-10H,2,5-8,11H2,1H3. The molecule has 26 heavy (non-hydrogen) atoms. The molecule has 1 aliphatic heterocycles. The van der Waals surface area contributed by atoms with Gasteiger partial charge in [0, 0.05) is 54.8 Å². The van der Waals surface area contributed by atoms with Crippen LogP contribution in [0.4, 0.5) is 5.69 Å². The number of hydrogen-bond acceptors (Lipinski definition) is 6. The van der Waals surface area contributed by atoms with Gasteiger partial charge in [0.2, 0.25) is 5.89 Å². The summed E-state index contributed by atoms with van der Waals surface area (Å²) in [5.74, 6) is 1.36. The Morgan fingerprint density at radius 3 is 2.92 bits per heavy atom. The fourth-order valence-electron chi connectivity index (χ4n) is 3.42. The minimum atomic E-state index is 0.613. The van der Waals surface area contributed by atoms with Crippen molar-refractivity contribution in [3.63, 3.8) is 0 Å². The maximum absolute atomic E-state index is 6.38. The van der Waals surface area contributed by atoms with Gasteiger partial charge in [-0.15, -0.1) is 0 Å². The molecular formula is C18H19BrClN5O. The lowest BCUT2D eigenvalue weighted by Crippen LogP contribution is -2.30. The molecule has 0 spiro atoms. The largest absolute Gasteiger partial charge is 0.370 e. The van der Waals surface area contributed by atoms with Gasteiger partial charge in [0.05, 0.1) is 17.1 Å². The fourth-order valence-corrected chi connectivity index (χ4v) is 4.27. The molecule has 0 radical (unpaired) electrons. The molecule has 136 valence electrons. The van der Waals surface area contributed by atoms with E-state index in [2.05, 4.69) is 53.0 Å². The van der Waals surface area contributed by atoms with Crippen LogP contribution in [0.15, 0.2) is 33.4 Å². The van der Waals surface area contributed by atoms with Crippen molar-refractivity contribution in [3.8, 4) is 0 Å². The topological polar surface area (TPSA) is 58.3 Å². The van der Waals surface area contributed by atoms with Gasteiger partial charge in [0.25, 0.3) is 0 Å². The number of benzene rings is 1. The molecule has 2 aromatic heterocycles. The van der Waals surface area contributed by atoms with Crippen molar-refractivity contribution in [3.05, 3.63) is 45.6 Å². The van der Waals surface area contributed by atoms with Crippen molar-refractivity contribution in [2.45, 2.75) is 19.9 Å². The Hall–Kier alpha value is -1.70. The molecule has 0 bridgehead atoms. The number of aromatic nitrogens is 3. The second-order valence-corrected chi connectivity index (χ2v) is 7.78. The predicted molar refractivity (Wildman–Crippen MR) is 106 cm³/mol. The second kappa shape index (κ2) is 7.50. The maximum atomic E-state index is 6.38. The summed E-state index contributed by atoms with van der Waals surface area (Å²) >= 11 is 9.92. The number of hydrogen-bond donors (Lipinski definition) is 0. The van der Waals surface area contributed by atoms with Gasteiger partial charge in [-0.1, -0.05) is 32.7 Å². The van der Waals surface area contributed by atoms with E-state index in [0.29, 0.717) is 10.9 Å². The first-order valence-electron chi connectivity index (χ1n) is 8.60. The minimum absolute atomic E-state index is 0.613. The molecule has 0 amide bonds. The van der Waals surface area contributed by atoms with Crippen LogP contribution in [0, 0.1) is 6.92 Å². The van der Waals surface area contributed by atoms with E-state index >= 15 is 0 Å². The zero-order valence-electron chi connectivity index (χ0n) is 14.5. The van der Waals surface area contributed by atoms with Crippen molar-refractivity contribution in [2.24, 2.45) is 0 Å². The number of fused-ring (bicyclic) bond motifs is 1. The highest BCUT2D eigenvalue weighted by molar-refractivity contribution is 9.10. The van der Waals surface area contributed by atoms with Crippen LogP contribution in [0.2, 0.25) is 5.02 Å². The Labute approximate surface area is 165 Å². The van der Waals surface area contributed by atoms with Gasteiger partial charge in [-0.3, -0.25) is 9.88 Å². The first-order chi connectivity index (χ1) is 12.6. The fraction of sp³-hybridized carbons (Fsp3) is 0.389. The van der Waals surface area contributed by atoms with Crippen molar-refractivity contribution in [1.29, 1.82) is 0 Å². The number of halogens is 2. The average Bonchev–Trinajstić information content (AvgIpc) is 2.88. The normalized spacial score (nSPS) is 16.2. The third kappa shape index (κ3) is 3.70. The molecule has 8 heteroatoms. The summed E-state index contributed by atoms with van der Waals surface area (Å²) < 4.78 is 6.04. The molecule has 0 N–H and O–H groups in total. The van der Waals surface area contributed by atoms with Gasteiger partial charge >= 0.3 is 0 Å². The highest BCUT2D eigenvalue weighted by atomic mass is 79.9. The van der Waals surface area contributed by atoms with Gasteiger partial charge < -0.3 is 9.42 Å². The van der Waals surface area contributed by atoms with E-state index in [9.17, 15) is 0 Å². The van der Waals surface area contributed by atoms with Gasteiger partial charge in [-0.25, -0.2) is 0 Å². The molecule has 1 aliphatic rings. The summed E-state index contributed by atoms with van der Waals surface area (Å²) in [6.45, 7) is 6.42. The Morgan fingerprint density at radius 1 is 1.23 bits per heavy atom. The first-order valence-corrected chi connectivity index (χ1v) is 9.77. The molecular weight excluding hydrogens is 418 g/mol. The Kier molecular flexibility index (Phi) is 5.11. The van der Waals surface area contributed by atoms with Crippen LogP contribution >= 0.6 is 27.5 Å². The van der Waals surface area contributed by atoms with Crippen molar-refractivity contribution in [2.75, 3.05) is 31.1 Å². The summed E-state index contributed by atoms with van der Waals surface area (Å²) in [4.78, 5) is 13.6. The van der Waals surface area contributed by atoms with Crippen LogP contribution in [0.1, 0.15) is 18.1 Å². The monoisotopic (exact) mass is 435 g/mol. The number of anilines is 1. The molecule has 3 heterocycles. The molecule has 1 fully saturated rings. The maximum Gasteiger partial charge on any atom is 0.223 e. The van der Waals surface area contributed by atoms with Crippen molar-refractivity contribution >= 4 is 44.1 Å². The number of pyridine rings is 1. The van der Waals surface area contributed by atoms with E-state index in [0.717, 1.165) is 60.3 Å². The zero-order valence-corrected chi connectivity index (χ0v) is 16.8. The van der Waals surface area contributed by atoms with Crippen LogP contribution in [0.5, 0.6) is 0 Å². The van der Waals surface area contributed by atoms with Gasteiger partial charge in [0.1, 0.15) is 0 Å². The SMILES string of the molecule is Cc1nc(CN2CCCN(c3ccnc4c(Cl)cc(Br)cc34)CC2)no1. The zero-order chi connectivity index (χ0) is 18.1. The number of rotatable bonds is 3. The summed E-state index contributed by atoms with van der Waals surface area (Å²) in [5.41, 5.74) is 2.02. The molecule has 0 atom stereocenters. The molecule has 0 aliphatic carbocycles. The molecule has 1 saturated heterocycles. The van der Waals surface area contributed by atoms with E-state index in [1.165, 1.54) is 5.69 Å². The van der Waals surface area contributed by atoms with Gasteiger partial charge in [0.15, 0.2) is 5.82 Å². The lowest BCUT2D eigenvalue weighted by molar-refractivity contribution is 0.272. The van der Waals surface area contributed by atoms with Crippen LogP contribution < -0.4 is 4.90 Å². The lowest BCUT2D eigenvalue weighted by atomic mass is 10.1. The number of aryl methyl sites for hydroxylation is 1. The Bertz CT molecular complexity index is 931. The summed E-state index contributed by atoms with van der Waals surface area (Å²) in [6.07, 6.45) is 2.91. The Balaban J connectivity index is 1.55. The molecule has 0 unspecified atom stereocenters. The molecule has 1 aromatic carbocycles. The van der Waals surface area contributed by atoms with Gasteiger partial charge in [-0.05, 0) is 24.6 Å². The highest BCUT2D eigenvalue weighted by Gasteiger charge is 2.19. The quantitative estimate of drug-likeness (QED) is 0.617. The van der Waals surface area contributed by atoms with E-state index in [1.807, 2.05) is 19.2 Å². The van der Waals surface area contributed by atoms with Crippen molar-refractivity contribution < 1.29 is 4.52 Å². The van der Waals surface area contributed by atoms with Crippen LogP contribution in [-0.4, -0.2) is 46.2 Å². The van der Waals surface area contributed by atoms with Gasteiger partial charge in [-0.2, -0.15) is 4.98 Å². The minimum Gasteiger partial charge on any atom is -0.370 e. The van der Waals surface area contributed by atoms with E-state index in [-0.39, 0.29) is 0 Å². The van der Waals surface area contributed by atoms with Crippen LogP contribution in [-0.2, 0) is 6.54 Å². The molecule has 0 saturated carbocycles. The summed E-state index contributed by atoms with van der Waals surface area (Å²) in [7, 11) is 0. The van der Waals surface area contributed by atoms with Crippen molar-refractivity contribution in [1.82, 2.24) is 20.0 Å². The number of nitrogens with zero attached hydrogens (tertiary/aromatic N) is 5. The average molecular weight is 437 g/mol. The first kappa shape index (κ1) is 17.7. The highest BCUT2D eigenvalue weighted by Crippen LogP contribution is 2.33.